The lowest BCUT2D eigenvalue weighted by molar-refractivity contribution is 0.117. The molecule has 0 atom stereocenters. The second-order valence-corrected chi connectivity index (χ2v) is 4.69. The van der Waals surface area contributed by atoms with Crippen LogP contribution in [0.4, 0.5) is 15.3 Å². The maximum atomic E-state index is 11.7. The van der Waals surface area contributed by atoms with Gasteiger partial charge in [-0.25, -0.2) is 9.59 Å². The topological polar surface area (TPSA) is 58.6 Å². The molecular weight excluding hydrogens is 244 g/mol. The molecule has 1 aromatic rings. The van der Waals surface area contributed by atoms with E-state index in [0.29, 0.717) is 18.8 Å². The summed E-state index contributed by atoms with van der Waals surface area (Å²) in [6.45, 7) is 3.29. The summed E-state index contributed by atoms with van der Waals surface area (Å²) in [5.74, 6) is 0. The van der Waals surface area contributed by atoms with Crippen LogP contribution in [-0.2, 0) is 4.74 Å². The number of carbonyl (C=O) groups excluding carboxylic acids is 2. The molecule has 0 radical (unpaired) electrons. The molecule has 102 valence electrons. The predicted molar refractivity (Wildman–Crippen MR) is 72.1 cm³/mol. The lowest BCUT2D eigenvalue weighted by atomic mass is 10.1. The smallest absolute Gasteiger partial charge is 0.359 e. The Kier molecular flexibility index (Phi) is 4.39. The average Bonchev–Trinajstić information content (AvgIpc) is 2.42. The third-order valence-corrected chi connectivity index (χ3v) is 3.09. The third-order valence-electron chi connectivity index (χ3n) is 3.09. The molecule has 2 rings (SSSR count). The van der Waals surface area contributed by atoms with E-state index >= 15 is 0 Å². The van der Waals surface area contributed by atoms with Crippen LogP contribution in [0.25, 0.3) is 0 Å². The van der Waals surface area contributed by atoms with Gasteiger partial charge in [-0.15, -0.1) is 0 Å². The molecule has 0 spiro atoms. The molecule has 5 nitrogen and oxygen atoms in total. The van der Waals surface area contributed by atoms with Crippen molar-refractivity contribution < 1.29 is 14.3 Å². The van der Waals surface area contributed by atoms with E-state index in [-0.39, 0.29) is 0 Å². The lowest BCUT2D eigenvalue weighted by Gasteiger charge is -2.25. The van der Waals surface area contributed by atoms with Gasteiger partial charge in [0.1, 0.15) is 0 Å². The van der Waals surface area contributed by atoms with Crippen LogP contribution in [0.3, 0.4) is 0 Å². The summed E-state index contributed by atoms with van der Waals surface area (Å²) in [5.41, 5.74) is 1.71. The summed E-state index contributed by atoms with van der Waals surface area (Å²) in [6, 6.07) is 7.29. The van der Waals surface area contributed by atoms with E-state index in [1.165, 1.54) is 0 Å². The average molecular weight is 262 g/mol. The number of piperidine rings is 1. The Bertz CT molecular complexity index is 450. The van der Waals surface area contributed by atoms with Crippen molar-refractivity contribution in [3.63, 3.8) is 0 Å². The number of nitrogens with one attached hydrogen (secondary N) is 1. The van der Waals surface area contributed by atoms with Crippen molar-refractivity contribution in [2.24, 2.45) is 0 Å². The van der Waals surface area contributed by atoms with Gasteiger partial charge >= 0.3 is 12.2 Å². The van der Waals surface area contributed by atoms with Gasteiger partial charge in [-0.05, 0) is 38.3 Å². The number of rotatable bonds is 1. The number of likely N-dealkylation sites (tertiary alicyclic amines) is 1. The minimum Gasteiger partial charge on any atom is -0.359 e. The van der Waals surface area contributed by atoms with Crippen LogP contribution in [0.1, 0.15) is 24.8 Å². The first kappa shape index (κ1) is 13.4. The number of carbonyl (C=O) groups is 2. The van der Waals surface area contributed by atoms with E-state index in [4.69, 9.17) is 4.74 Å². The summed E-state index contributed by atoms with van der Waals surface area (Å²) in [4.78, 5) is 24.8. The number of amides is 2. The first-order valence-electron chi connectivity index (χ1n) is 6.49. The molecule has 1 fully saturated rings. The summed E-state index contributed by atoms with van der Waals surface area (Å²) >= 11 is 0. The Morgan fingerprint density at radius 2 is 1.74 bits per heavy atom. The van der Waals surface area contributed by atoms with Crippen molar-refractivity contribution in [2.75, 3.05) is 18.4 Å². The van der Waals surface area contributed by atoms with E-state index in [1.807, 2.05) is 19.1 Å². The van der Waals surface area contributed by atoms with Crippen molar-refractivity contribution in [3.05, 3.63) is 29.8 Å². The first-order valence-corrected chi connectivity index (χ1v) is 6.49. The molecule has 5 heteroatoms. The molecule has 1 heterocycles. The number of anilines is 1. The summed E-state index contributed by atoms with van der Waals surface area (Å²) in [7, 11) is 0. The van der Waals surface area contributed by atoms with Crippen LogP contribution in [0.5, 0.6) is 0 Å². The van der Waals surface area contributed by atoms with E-state index in [2.05, 4.69) is 5.32 Å². The first-order chi connectivity index (χ1) is 9.15. The summed E-state index contributed by atoms with van der Waals surface area (Å²) < 4.78 is 4.76. The van der Waals surface area contributed by atoms with Gasteiger partial charge in [0.25, 0.3) is 0 Å². The Labute approximate surface area is 112 Å². The van der Waals surface area contributed by atoms with Crippen molar-refractivity contribution in [1.29, 1.82) is 0 Å². The highest BCUT2D eigenvalue weighted by atomic mass is 16.6. The molecule has 1 aliphatic heterocycles. The zero-order chi connectivity index (χ0) is 13.7. The van der Waals surface area contributed by atoms with E-state index in [1.54, 1.807) is 17.0 Å². The highest BCUT2D eigenvalue weighted by Crippen LogP contribution is 2.11. The quantitative estimate of drug-likeness (QED) is 0.791. The molecule has 1 aromatic carbocycles. The van der Waals surface area contributed by atoms with Crippen LogP contribution < -0.4 is 5.32 Å². The molecule has 1 saturated heterocycles. The minimum absolute atomic E-state index is 0.565. The second-order valence-electron chi connectivity index (χ2n) is 4.69. The highest BCUT2D eigenvalue weighted by molar-refractivity contribution is 5.92. The van der Waals surface area contributed by atoms with Crippen molar-refractivity contribution in [2.45, 2.75) is 26.2 Å². The fourth-order valence-electron chi connectivity index (χ4n) is 2.00. The van der Waals surface area contributed by atoms with Gasteiger partial charge < -0.3 is 9.64 Å². The van der Waals surface area contributed by atoms with Crippen molar-refractivity contribution >= 4 is 17.9 Å². The molecule has 0 saturated carbocycles. The maximum Gasteiger partial charge on any atom is 0.420 e. The van der Waals surface area contributed by atoms with Crippen LogP contribution >= 0.6 is 0 Å². The van der Waals surface area contributed by atoms with Gasteiger partial charge in [-0.3, -0.25) is 5.32 Å². The number of hydrogen-bond donors (Lipinski definition) is 1. The molecule has 2 amide bonds. The van der Waals surface area contributed by atoms with E-state index < -0.39 is 12.2 Å². The monoisotopic (exact) mass is 262 g/mol. The standard InChI is InChI=1S/C14H18N2O3/c1-11-5-7-12(8-6-11)15-13(17)19-14(18)16-9-3-2-4-10-16/h5-8H,2-4,9-10H2,1H3,(H,15,17). The molecular formula is C14H18N2O3. The van der Waals surface area contributed by atoms with Crippen LogP contribution in [0.2, 0.25) is 0 Å². The Balaban J connectivity index is 1.83. The fraction of sp³-hybridized carbons (Fsp3) is 0.429. The van der Waals surface area contributed by atoms with Gasteiger partial charge in [-0.1, -0.05) is 17.7 Å². The molecule has 0 aliphatic carbocycles. The zero-order valence-corrected chi connectivity index (χ0v) is 11.0. The normalized spacial score (nSPS) is 14.9. The van der Waals surface area contributed by atoms with Gasteiger partial charge in [-0.2, -0.15) is 0 Å². The molecule has 0 unspecified atom stereocenters. The zero-order valence-electron chi connectivity index (χ0n) is 11.0. The van der Waals surface area contributed by atoms with Crippen LogP contribution in [-0.4, -0.2) is 30.2 Å². The van der Waals surface area contributed by atoms with Gasteiger partial charge in [0.05, 0.1) is 0 Å². The molecule has 0 aromatic heterocycles. The Hall–Kier alpha value is -2.04. The summed E-state index contributed by atoms with van der Waals surface area (Å²) in [5, 5.41) is 2.53. The van der Waals surface area contributed by atoms with Crippen LogP contribution in [0.15, 0.2) is 24.3 Å². The summed E-state index contributed by atoms with van der Waals surface area (Å²) in [6.07, 6.45) is 1.76. The molecule has 0 bridgehead atoms. The van der Waals surface area contributed by atoms with Crippen molar-refractivity contribution in [1.82, 2.24) is 4.90 Å². The largest absolute Gasteiger partial charge is 0.420 e. The van der Waals surface area contributed by atoms with Gasteiger partial charge in [0.2, 0.25) is 0 Å². The molecule has 19 heavy (non-hydrogen) atoms. The van der Waals surface area contributed by atoms with Crippen molar-refractivity contribution in [3.8, 4) is 0 Å². The Morgan fingerprint density at radius 3 is 2.37 bits per heavy atom. The number of ether oxygens (including phenoxy) is 1. The minimum atomic E-state index is -0.737. The van der Waals surface area contributed by atoms with E-state index in [9.17, 15) is 9.59 Å². The molecule has 1 N–H and O–H groups in total. The maximum absolute atomic E-state index is 11.7. The van der Waals surface area contributed by atoms with Crippen LogP contribution in [0, 0.1) is 6.92 Å². The highest BCUT2D eigenvalue weighted by Gasteiger charge is 2.20. The fourth-order valence-corrected chi connectivity index (χ4v) is 2.00. The van der Waals surface area contributed by atoms with Gasteiger partial charge in [0.15, 0.2) is 0 Å². The van der Waals surface area contributed by atoms with Gasteiger partial charge in [0, 0.05) is 18.8 Å². The number of nitrogens with zero attached hydrogens (tertiary/aromatic N) is 1. The SMILES string of the molecule is Cc1ccc(NC(=O)OC(=O)N2CCCCC2)cc1. The molecule has 1 aliphatic rings. The number of benzene rings is 1. The van der Waals surface area contributed by atoms with E-state index in [0.717, 1.165) is 24.8 Å². The third kappa shape index (κ3) is 3.98. The lowest BCUT2D eigenvalue weighted by Crippen LogP contribution is -2.37. The Morgan fingerprint density at radius 1 is 1.11 bits per heavy atom. The number of aryl methyl sites for hydroxylation is 1. The second kappa shape index (κ2) is 6.22. The predicted octanol–water partition coefficient (Wildman–Crippen LogP) is 3.15. The number of hydrogen-bond acceptors (Lipinski definition) is 3.